The number of hydrogen-bond acceptors (Lipinski definition) is 5. The molecule has 4 rings (SSSR count). The molecule has 4 heterocycles. The van der Waals surface area contributed by atoms with Gasteiger partial charge in [-0.3, -0.25) is 0 Å². The van der Waals surface area contributed by atoms with Crippen LogP contribution in [0.25, 0.3) is 11.4 Å². The maximum atomic E-state index is 5.49. The minimum absolute atomic E-state index is 0.445. The van der Waals surface area contributed by atoms with Crippen molar-refractivity contribution in [3.63, 3.8) is 0 Å². The van der Waals surface area contributed by atoms with Crippen LogP contribution in [0, 0.1) is 6.92 Å². The van der Waals surface area contributed by atoms with Crippen LogP contribution in [0.4, 0.5) is 0 Å². The average Bonchev–Trinajstić information content (AvgIpc) is 2.88. The van der Waals surface area contributed by atoms with E-state index in [1.54, 1.807) is 0 Å². The smallest absolute Gasteiger partial charge is 0.134 e. The van der Waals surface area contributed by atoms with Crippen molar-refractivity contribution in [3.8, 4) is 11.4 Å². The van der Waals surface area contributed by atoms with Crippen molar-refractivity contribution in [2.75, 3.05) is 26.3 Å². The first kappa shape index (κ1) is 13.8. The SMILES string of the molecule is Cc1ncc(-c2ccnc(C3CNC3)n2)n1C1CCOCC1. The Morgan fingerprint density at radius 2 is 2.05 bits per heavy atom. The minimum atomic E-state index is 0.445. The van der Waals surface area contributed by atoms with Crippen molar-refractivity contribution in [3.05, 3.63) is 30.1 Å². The lowest BCUT2D eigenvalue weighted by atomic mass is 10.0. The van der Waals surface area contributed by atoms with Crippen molar-refractivity contribution in [1.29, 1.82) is 0 Å². The second kappa shape index (κ2) is 5.78. The normalized spacial score (nSPS) is 20.0. The molecule has 2 aromatic heterocycles. The van der Waals surface area contributed by atoms with Crippen molar-refractivity contribution in [2.24, 2.45) is 0 Å². The van der Waals surface area contributed by atoms with Crippen LogP contribution in [0.5, 0.6) is 0 Å². The number of imidazole rings is 1. The third kappa shape index (κ3) is 2.42. The van der Waals surface area contributed by atoms with E-state index in [1.165, 1.54) is 0 Å². The molecule has 0 radical (unpaired) electrons. The largest absolute Gasteiger partial charge is 0.381 e. The molecule has 2 aliphatic heterocycles. The van der Waals surface area contributed by atoms with Gasteiger partial charge in [0.1, 0.15) is 11.6 Å². The second-order valence-corrected chi connectivity index (χ2v) is 6.06. The summed E-state index contributed by atoms with van der Waals surface area (Å²) in [5, 5.41) is 3.27. The molecule has 0 aliphatic carbocycles. The molecule has 0 aromatic carbocycles. The summed E-state index contributed by atoms with van der Waals surface area (Å²) >= 11 is 0. The lowest BCUT2D eigenvalue weighted by Crippen LogP contribution is -2.40. The molecule has 0 unspecified atom stereocenters. The maximum absolute atomic E-state index is 5.49. The molecule has 6 heteroatoms. The topological polar surface area (TPSA) is 64.9 Å². The van der Waals surface area contributed by atoms with Crippen molar-refractivity contribution in [1.82, 2.24) is 24.8 Å². The number of nitrogens with zero attached hydrogens (tertiary/aromatic N) is 4. The third-order valence-electron chi connectivity index (χ3n) is 4.62. The molecule has 0 amide bonds. The van der Waals surface area contributed by atoms with Crippen LogP contribution >= 0.6 is 0 Å². The summed E-state index contributed by atoms with van der Waals surface area (Å²) in [5.41, 5.74) is 2.07. The predicted molar refractivity (Wildman–Crippen MR) is 82.7 cm³/mol. The first-order valence-electron chi connectivity index (χ1n) is 7.98. The van der Waals surface area contributed by atoms with E-state index < -0.39 is 0 Å². The van der Waals surface area contributed by atoms with Gasteiger partial charge in [0, 0.05) is 44.5 Å². The van der Waals surface area contributed by atoms with Gasteiger partial charge in [0.25, 0.3) is 0 Å². The monoisotopic (exact) mass is 299 g/mol. The van der Waals surface area contributed by atoms with Crippen LogP contribution in [-0.2, 0) is 4.74 Å². The fourth-order valence-corrected chi connectivity index (χ4v) is 3.23. The van der Waals surface area contributed by atoms with Crippen LogP contribution in [0.15, 0.2) is 18.5 Å². The number of nitrogens with one attached hydrogen (secondary N) is 1. The molecule has 22 heavy (non-hydrogen) atoms. The van der Waals surface area contributed by atoms with Crippen LogP contribution in [-0.4, -0.2) is 45.8 Å². The van der Waals surface area contributed by atoms with Crippen LogP contribution in [0.2, 0.25) is 0 Å². The highest BCUT2D eigenvalue weighted by molar-refractivity contribution is 5.54. The molecule has 1 N–H and O–H groups in total. The number of aromatic nitrogens is 4. The summed E-state index contributed by atoms with van der Waals surface area (Å²) in [6.45, 7) is 5.66. The Kier molecular flexibility index (Phi) is 3.63. The molecular formula is C16H21N5O. The first-order chi connectivity index (χ1) is 10.8. The van der Waals surface area contributed by atoms with E-state index in [1.807, 2.05) is 18.5 Å². The van der Waals surface area contributed by atoms with Gasteiger partial charge in [0.2, 0.25) is 0 Å². The summed E-state index contributed by atoms with van der Waals surface area (Å²) in [4.78, 5) is 13.8. The van der Waals surface area contributed by atoms with Crippen molar-refractivity contribution >= 4 is 0 Å². The van der Waals surface area contributed by atoms with Crippen molar-refractivity contribution in [2.45, 2.75) is 31.7 Å². The maximum Gasteiger partial charge on any atom is 0.134 e. The predicted octanol–water partition coefficient (Wildman–Crippen LogP) is 1.69. The molecule has 0 spiro atoms. The highest BCUT2D eigenvalue weighted by atomic mass is 16.5. The molecule has 2 aliphatic rings. The molecule has 0 atom stereocenters. The molecule has 2 aromatic rings. The molecule has 2 fully saturated rings. The van der Waals surface area contributed by atoms with Gasteiger partial charge in [0.05, 0.1) is 17.6 Å². The fourth-order valence-electron chi connectivity index (χ4n) is 3.23. The lowest BCUT2D eigenvalue weighted by molar-refractivity contribution is 0.0694. The van der Waals surface area contributed by atoms with Gasteiger partial charge < -0.3 is 14.6 Å². The average molecular weight is 299 g/mol. The van der Waals surface area contributed by atoms with Crippen LogP contribution in [0.1, 0.15) is 36.5 Å². The third-order valence-corrected chi connectivity index (χ3v) is 4.62. The highest BCUT2D eigenvalue weighted by Gasteiger charge is 2.24. The zero-order valence-electron chi connectivity index (χ0n) is 12.8. The Bertz CT molecular complexity index is 658. The van der Waals surface area contributed by atoms with Gasteiger partial charge in [-0.15, -0.1) is 0 Å². The second-order valence-electron chi connectivity index (χ2n) is 6.06. The van der Waals surface area contributed by atoms with Crippen LogP contribution in [0.3, 0.4) is 0 Å². The zero-order chi connectivity index (χ0) is 14.9. The van der Waals surface area contributed by atoms with E-state index in [0.717, 1.165) is 62.2 Å². The summed E-state index contributed by atoms with van der Waals surface area (Å²) in [6, 6.07) is 2.44. The fraction of sp³-hybridized carbons (Fsp3) is 0.562. The Labute approximate surface area is 130 Å². The van der Waals surface area contributed by atoms with E-state index in [4.69, 9.17) is 9.72 Å². The summed E-state index contributed by atoms with van der Waals surface area (Å²) in [5.74, 6) is 2.43. The molecule has 6 nitrogen and oxygen atoms in total. The summed E-state index contributed by atoms with van der Waals surface area (Å²) in [7, 11) is 0. The molecule has 0 bridgehead atoms. The summed E-state index contributed by atoms with van der Waals surface area (Å²) in [6.07, 6.45) is 5.88. The molecule has 116 valence electrons. The first-order valence-corrected chi connectivity index (χ1v) is 7.98. The van der Waals surface area contributed by atoms with Gasteiger partial charge in [-0.1, -0.05) is 0 Å². The Morgan fingerprint density at radius 3 is 2.77 bits per heavy atom. The van der Waals surface area contributed by atoms with Gasteiger partial charge in [-0.2, -0.15) is 0 Å². The Hall–Kier alpha value is -1.79. The number of ether oxygens (including phenoxy) is 1. The van der Waals surface area contributed by atoms with Gasteiger partial charge in [0.15, 0.2) is 0 Å². The Balaban J connectivity index is 1.70. The van der Waals surface area contributed by atoms with E-state index in [9.17, 15) is 0 Å². The van der Waals surface area contributed by atoms with E-state index in [-0.39, 0.29) is 0 Å². The standard InChI is InChI=1S/C16H21N5O/c1-11-19-10-15(21(11)13-3-6-22-7-4-13)14-2-5-18-16(20-14)12-8-17-9-12/h2,5,10,12-13,17H,3-4,6-9H2,1H3. The number of aryl methyl sites for hydroxylation is 1. The quantitative estimate of drug-likeness (QED) is 0.934. The zero-order valence-corrected chi connectivity index (χ0v) is 12.8. The number of hydrogen-bond donors (Lipinski definition) is 1. The lowest BCUT2D eigenvalue weighted by Gasteiger charge is -2.27. The number of rotatable bonds is 3. The highest BCUT2D eigenvalue weighted by Crippen LogP contribution is 2.29. The van der Waals surface area contributed by atoms with Gasteiger partial charge in [-0.25, -0.2) is 15.0 Å². The molecule has 0 saturated carbocycles. The van der Waals surface area contributed by atoms with E-state index >= 15 is 0 Å². The van der Waals surface area contributed by atoms with E-state index in [2.05, 4.69) is 26.8 Å². The van der Waals surface area contributed by atoms with Crippen LogP contribution < -0.4 is 5.32 Å². The Morgan fingerprint density at radius 1 is 1.23 bits per heavy atom. The van der Waals surface area contributed by atoms with Crippen molar-refractivity contribution < 1.29 is 4.74 Å². The summed E-state index contributed by atoms with van der Waals surface area (Å²) < 4.78 is 7.82. The minimum Gasteiger partial charge on any atom is -0.381 e. The van der Waals surface area contributed by atoms with Gasteiger partial charge >= 0.3 is 0 Å². The molecule has 2 saturated heterocycles. The van der Waals surface area contributed by atoms with Gasteiger partial charge in [-0.05, 0) is 25.8 Å². The van der Waals surface area contributed by atoms with E-state index in [0.29, 0.717) is 12.0 Å². The molecular weight excluding hydrogens is 278 g/mol.